The average molecular weight is 264 g/mol. The van der Waals surface area contributed by atoms with E-state index in [1.54, 1.807) is 12.1 Å². The maximum absolute atomic E-state index is 5.94. The Kier molecular flexibility index (Phi) is 2.87. The molecule has 2 rings (SSSR count). The van der Waals surface area contributed by atoms with E-state index >= 15 is 0 Å². The second-order valence-electron chi connectivity index (χ2n) is 2.76. The van der Waals surface area contributed by atoms with Crippen LogP contribution >= 0.6 is 34.8 Å². The first kappa shape index (κ1) is 10.7. The van der Waals surface area contributed by atoms with Gasteiger partial charge in [0.1, 0.15) is 10.9 Å². The van der Waals surface area contributed by atoms with Gasteiger partial charge in [0.2, 0.25) is 5.28 Å². The number of ether oxygens (including phenoxy) is 1. The molecule has 6 heteroatoms. The molecule has 0 atom stereocenters. The SMILES string of the molecule is COc1c(Cl)ccc2nc(Cl)nc(Cl)c12. The van der Waals surface area contributed by atoms with E-state index in [9.17, 15) is 0 Å². The molecule has 0 saturated carbocycles. The molecule has 0 saturated heterocycles. The summed E-state index contributed by atoms with van der Waals surface area (Å²) in [6.45, 7) is 0. The highest BCUT2D eigenvalue weighted by atomic mass is 35.5. The highest BCUT2D eigenvalue weighted by Crippen LogP contribution is 2.36. The van der Waals surface area contributed by atoms with Gasteiger partial charge >= 0.3 is 0 Å². The molecule has 0 amide bonds. The number of nitrogens with zero attached hydrogens (tertiary/aromatic N) is 2. The first-order chi connectivity index (χ1) is 7.13. The summed E-state index contributed by atoms with van der Waals surface area (Å²) in [5.74, 6) is 0.454. The summed E-state index contributed by atoms with van der Waals surface area (Å²) in [4.78, 5) is 7.85. The van der Waals surface area contributed by atoms with Crippen LogP contribution in [0.1, 0.15) is 0 Å². The minimum atomic E-state index is 0.0943. The van der Waals surface area contributed by atoms with Gasteiger partial charge in [-0.05, 0) is 23.7 Å². The van der Waals surface area contributed by atoms with Gasteiger partial charge in [0, 0.05) is 0 Å². The Morgan fingerprint density at radius 1 is 1.13 bits per heavy atom. The van der Waals surface area contributed by atoms with Gasteiger partial charge in [0.05, 0.1) is 23.0 Å². The summed E-state index contributed by atoms with van der Waals surface area (Å²) in [6, 6.07) is 3.38. The second kappa shape index (κ2) is 4.00. The largest absolute Gasteiger partial charge is 0.494 e. The molecule has 0 aliphatic rings. The molecule has 0 spiro atoms. The molecule has 0 radical (unpaired) electrons. The molecule has 0 unspecified atom stereocenters. The third-order valence-electron chi connectivity index (χ3n) is 1.90. The van der Waals surface area contributed by atoms with Crippen molar-refractivity contribution in [3.05, 3.63) is 27.6 Å². The van der Waals surface area contributed by atoms with E-state index in [1.807, 2.05) is 0 Å². The van der Waals surface area contributed by atoms with Crippen LogP contribution in [-0.4, -0.2) is 17.1 Å². The Hall–Kier alpha value is -0.770. The van der Waals surface area contributed by atoms with Gasteiger partial charge in [-0.3, -0.25) is 0 Å². The average Bonchev–Trinajstić information content (AvgIpc) is 2.18. The van der Waals surface area contributed by atoms with E-state index in [0.29, 0.717) is 21.7 Å². The van der Waals surface area contributed by atoms with Crippen LogP contribution in [0, 0.1) is 0 Å². The van der Waals surface area contributed by atoms with Crippen LogP contribution in [0.25, 0.3) is 10.9 Å². The molecule has 2 aromatic rings. The summed E-state index contributed by atoms with van der Waals surface area (Å²) in [5, 5.41) is 1.34. The van der Waals surface area contributed by atoms with E-state index in [0.717, 1.165) is 0 Å². The summed E-state index contributed by atoms with van der Waals surface area (Å²) in [5.41, 5.74) is 0.598. The fourth-order valence-corrected chi connectivity index (χ4v) is 2.02. The van der Waals surface area contributed by atoms with Gasteiger partial charge < -0.3 is 4.74 Å². The number of methoxy groups -OCH3 is 1. The van der Waals surface area contributed by atoms with Crippen molar-refractivity contribution in [2.45, 2.75) is 0 Å². The number of halogens is 3. The monoisotopic (exact) mass is 262 g/mol. The third-order valence-corrected chi connectivity index (χ3v) is 2.64. The van der Waals surface area contributed by atoms with Crippen molar-refractivity contribution < 1.29 is 4.74 Å². The van der Waals surface area contributed by atoms with Gasteiger partial charge in [-0.25, -0.2) is 9.97 Å². The summed E-state index contributed by atoms with van der Waals surface area (Å²) in [6.07, 6.45) is 0. The predicted molar refractivity (Wildman–Crippen MR) is 61.1 cm³/mol. The van der Waals surface area contributed by atoms with Crippen LogP contribution in [0.5, 0.6) is 5.75 Å². The molecule has 15 heavy (non-hydrogen) atoms. The Balaban J connectivity index is 2.91. The first-order valence-corrected chi connectivity index (χ1v) is 5.12. The van der Waals surface area contributed by atoms with Crippen LogP contribution < -0.4 is 4.74 Å². The van der Waals surface area contributed by atoms with Gasteiger partial charge in [0.25, 0.3) is 0 Å². The number of hydrogen-bond donors (Lipinski definition) is 0. The van der Waals surface area contributed by atoms with Crippen LogP contribution in [-0.2, 0) is 0 Å². The number of hydrogen-bond acceptors (Lipinski definition) is 3. The van der Waals surface area contributed by atoms with Crippen LogP contribution in [0.2, 0.25) is 15.5 Å². The number of aromatic nitrogens is 2. The highest BCUT2D eigenvalue weighted by molar-refractivity contribution is 6.38. The Labute approximate surface area is 101 Å². The molecule has 0 bridgehead atoms. The van der Waals surface area contributed by atoms with Crippen LogP contribution in [0.15, 0.2) is 12.1 Å². The van der Waals surface area contributed by atoms with Crippen molar-refractivity contribution >= 4 is 45.7 Å². The zero-order valence-electron chi connectivity index (χ0n) is 7.59. The summed E-state index contributed by atoms with van der Waals surface area (Å²) >= 11 is 17.6. The molecule has 0 fully saturated rings. The summed E-state index contributed by atoms with van der Waals surface area (Å²) in [7, 11) is 1.51. The highest BCUT2D eigenvalue weighted by Gasteiger charge is 2.13. The van der Waals surface area contributed by atoms with E-state index in [4.69, 9.17) is 39.5 Å². The Morgan fingerprint density at radius 3 is 2.53 bits per heavy atom. The smallest absolute Gasteiger partial charge is 0.224 e. The van der Waals surface area contributed by atoms with Gasteiger partial charge in [-0.15, -0.1) is 0 Å². The predicted octanol–water partition coefficient (Wildman–Crippen LogP) is 3.60. The molecular formula is C9H5Cl3N2O. The lowest BCUT2D eigenvalue weighted by atomic mass is 10.2. The Morgan fingerprint density at radius 2 is 1.87 bits per heavy atom. The van der Waals surface area contributed by atoms with E-state index < -0.39 is 0 Å². The molecule has 0 aliphatic heterocycles. The van der Waals surface area contributed by atoms with Crippen molar-refractivity contribution in [1.82, 2.24) is 9.97 Å². The molecule has 1 heterocycles. The van der Waals surface area contributed by atoms with Gasteiger partial charge in [0.15, 0.2) is 0 Å². The van der Waals surface area contributed by atoms with Crippen LogP contribution in [0.4, 0.5) is 0 Å². The number of fused-ring (bicyclic) bond motifs is 1. The minimum Gasteiger partial charge on any atom is -0.494 e. The molecule has 0 aliphatic carbocycles. The zero-order valence-corrected chi connectivity index (χ0v) is 9.86. The van der Waals surface area contributed by atoms with Crippen molar-refractivity contribution in [3.63, 3.8) is 0 Å². The number of rotatable bonds is 1. The van der Waals surface area contributed by atoms with Gasteiger partial charge in [-0.1, -0.05) is 23.2 Å². The standard InChI is InChI=1S/C9H5Cl3N2O/c1-15-7-4(10)2-3-5-6(7)8(11)14-9(12)13-5/h2-3H,1H3. The topological polar surface area (TPSA) is 35.0 Å². The lowest BCUT2D eigenvalue weighted by Crippen LogP contribution is -1.92. The van der Waals surface area contributed by atoms with E-state index in [2.05, 4.69) is 9.97 Å². The molecule has 3 nitrogen and oxygen atoms in total. The van der Waals surface area contributed by atoms with Crippen LogP contribution in [0.3, 0.4) is 0 Å². The normalized spacial score (nSPS) is 10.7. The zero-order chi connectivity index (χ0) is 11.0. The van der Waals surface area contributed by atoms with Crippen molar-refractivity contribution in [2.24, 2.45) is 0 Å². The van der Waals surface area contributed by atoms with Crippen molar-refractivity contribution in [1.29, 1.82) is 0 Å². The van der Waals surface area contributed by atoms with Crippen molar-refractivity contribution in [3.8, 4) is 5.75 Å². The van der Waals surface area contributed by atoms with Crippen molar-refractivity contribution in [2.75, 3.05) is 7.11 Å². The molecule has 0 N–H and O–H groups in total. The fraction of sp³-hybridized carbons (Fsp3) is 0.111. The molecular weight excluding hydrogens is 258 g/mol. The summed E-state index contributed by atoms with van der Waals surface area (Å²) < 4.78 is 5.14. The first-order valence-electron chi connectivity index (χ1n) is 3.98. The van der Waals surface area contributed by atoms with E-state index in [-0.39, 0.29) is 10.4 Å². The third kappa shape index (κ3) is 1.83. The van der Waals surface area contributed by atoms with Gasteiger partial charge in [-0.2, -0.15) is 0 Å². The molecule has 1 aromatic carbocycles. The van der Waals surface area contributed by atoms with E-state index in [1.165, 1.54) is 7.11 Å². The maximum atomic E-state index is 5.94. The molecule has 78 valence electrons. The minimum absolute atomic E-state index is 0.0943. The lowest BCUT2D eigenvalue weighted by Gasteiger charge is -2.07. The maximum Gasteiger partial charge on any atom is 0.224 e. The number of benzene rings is 1. The molecule has 1 aromatic heterocycles. The fourth-order valence-electron chi connectivity index (χ4n) is 1.30. The second-order valence-corrected chi connectivity index (χ2v) is 3.86. The quantitative estimate of drug-likeness (QED) is 0.582. The lowest BCUT2D eigenvalue weighted by molar-refractivity contribution is 0.420. The Bertz CT molecular complexity index is 530.